The van der Waals surface area contributed by atoms with Crippen LogP contribution in [0.4, 0.5) is 0 Å². The molecule has 0 radical (unpaired) electrons. The zero-order chi connectivity index (χ0) is 43.0. The van der Waals surface area contributed by atoms with Crippen molar-refractivity contribution in [3.63, 3.8) is 0 Å². The Morgan fingerprint density at radius 3 is 2.00 bits per heavy atom. The zero-order valence-corrected chi connectivity index (χ0v) is 32.3. The number of rotatable bonds is 12. The fraction of sp³-hybridized carbons (Fsp3) is 0.564. The van der Waals surface area contributed by atoms with Gasteiger partial charge in [0.25, 0.3) is 0 Å². The van der Waals surface area contributed by atoms with E-state index < -0.39 is 121 Å². The number of phenolic OH excluding ortho intramolecular Hbond substituents is 1. The van der Waals surface area contributed by atoms with Gasteiger partial charge in [-0.1, -0.05) is 11.6 Å². The number of phenols is 1. The van der Waals surface area contributed by atoms with Crippen LogP contribution in [0, 0.1) is 0 Å². The van der Waals surface area contributed by atoms with Crippen LogP contribution in [0.1, 0.15) is 26.3 Å². The minimum absolute atomic E-state index is 0.0570. The van der Waals surface area contributed by atoms with Gasteiger partial charge in [0.1, 0.15) is 83.2 Å². The summed E-state index contributed by atoms with van der Waals surface area (Å²) in [6, 6.07) is 7.11. The van der Waals surface area contributed by atoms with Gasteiger partial charge >= 0.3 is 0 Å². The number of benzene rings is 2. The molecule has 20 nitrogen and oxygen atoms in total. The first-order chi connectivity index (χ1) is 28.0. The summed E-state index contributed by atoms with van der Waals surface area (Å²) in [5, 5.41) is 115. The van der Waals surface area contributed by atoms with Crippen LogP contribution in [0.25, 0.3) is 22.3 Å². The lowest BCUT2D eigenvalue weighted by Crippen LogP contribution is -2.63. The molecule has 3 aromatic rings. The van der Waals surface area contributed by atoms with E-state index in [2.05, 4.69) is 0 Å². The molecule has 0 saturated carbocycles. The fourth-order valence-corrected chi connectivity index (χ4v) is 6.97. The van der Waals surface area contributed by atoms with Crippen molar-refractivity contribution in [3.8, 4) is 34.3 Å². The molecule has 0 aliphatic carbocycles. The van der Waals surface area contributed by atoms with Crippen LogP contribution >= 0.6 is 0 Å². The molecule has 15 atom stereocenters. The van der Waals surface area contributed by atoms with Gasteiger partial charge in [0.05, 0.1) is 32.5 Å². The van der Waals surface area contributed by atoms with Crippen molar-refractivity contribution in [2.75, 3.05) is 20.3 Å². The lowest BCUT2D eigenvalue weighted by Gasteiger charge is -2.45. The van der Waals surface area contributed by atoms with E-state index in [9.17, 15) is 61.0 Å². The molecule has 0 amide bonds. The number of aromatic hydroxyl groups is 1. The number of fused-ring (bicyclic) bond motifs is 1. The summed E-state index contributed by atoms with van der Waals surface area (Å²) in [5.74, 6) is -1.44. The van der Waals surface area contributed by atoms with Crippen LogP contribution in [0.15, 0.2) is 51.2 Å². The molecule has 3 fully saturated rings. The topological polar surface area (TPSA) is 317 Å². The van der Waals surface area contributed by atoms with E-state index in [1.165, 1.54) is 33.1 Å². The number of hydrogen-bond acceptors (Lipinski definition) is 20. The summed E-state index contributed by atoms with van der Waals surface area (Å²) in [4.78, 5) is 14.7. The second-order valence-electron chi connectivity index (χ2n) is 14.7. The molecule has 3 aliphatic rings. The van der Waals surface area contributed by atoms with Crippen molar-refractivity contribution in [3.05, 3.63) is 57.8 Å². The summed E-state index contributed by atoms with van der Waals surface area (Å²) in [7, 11) is 1.43. The van der Waals surface area contributed by atoms with Crippen LogP contribution in [0.5, 0.6) is 23.0 Å². The largest absolute Gasteiger partial charge is 0.507 e. The van der Waals surface area contributed by atoms with Crippen molar-refractivity contribution in [1.29, 1.82) is 0 Å². The van der Waals surface area contributed by atoms with Crippen molar-refractivity contribution in [1.82, 2.24) is 0 Å². The number of allylic oxidation sites excluding steroid dienone is 1. The minimum atomic E-state index is -1.86. The van der Waals surface area contributed by atoms with Crippen LogP contribution in [-0.2, 0) is 25.4 Å². The Balaban J connectivity index is 1.51. The van der Waals surface area contributed by atoms with Gasteiger partial charge in [0.2, 0.25) is 23.8 Å². The van der Waals surface area contributed by atoms with Gasteiger partial charge in [-0.2, -0.15) is 0 Å². The molecule has 0 spiro atoms. The first-order valence-corrected chi connectivity index (χ1v) is 18.8. The van der Waals surface area contributed by atoms with Gasteiger partial charge in [0, 0.05) is 17.2 Å². The maximum absolute atomic E-state index is 14.7. The summed E-state index contributed by atoms with van der Waals surface area (Å²) in [5.41, 5.74) is -0.555. The molecule has 1 unspecified atom stereocenters. The Labute approximate surface area is 336 Å². The molecular weight excluding hydrogens is 788 g/mol. The Bertz CT molecular complexity index is 2000. The first kappa shape index (κ1) is 44.6. The third-order valence-corrected chi connectivity index (χ3v) is 10.6. The minimum Gasteiger partial charge on any atom is -0.507 e. The van der Waals surface area contributed by atoms with E-state index in [1.807, 2.05) is 0 Å². The highest BCUT2D eigenvalue weighted by Gasteiger charge is 2.51. The van der Waals surface area contributed by atoms with Crippen molar-refractivity contribution < 1.29 is 93.7 Å². The maximum atomic E-state index is 14.7. The standard InChI is InChI=1S/C39H50O20/c1-14(12-40)5-10-19-21(55-38-32(51)29(48)26(45)22(13-41)56-38)11-20(42)23-27(46)35(33(57-34(19)23)17-6-8-18(52-4)9-7-17)58-39-36(30(49)25(44)16(3)54-39)59-37-31(50)28(47)24(43)15(2)53-37/h5-9,11,15-16,22,24-26,28-32,36-45,47-51H,10,12-13H2,1-4H3/b14-5+/t15-,16-,22+,24-,25-,26+,28+,29-,30+,31+,32+,36+,37-,38+,39?/m0/s1. The lowest BCUT2D eigenvalue weighted by atomic mass is 9.98. The maximum Gasteiger partial charge on any atom is 0.239 e. The molecule has 3 aliphatic heterocycles. The molecule has 20 heteroatoms. The fourth-order valence-electron chi connectivity index (χ4n) is 6.97. The molecule has 4 heterocycles. The van der Waals surface area contributed by atoms with E-state index in [0.29, 0.717) is 11.3 Å². The van der Waals surface area contributed by atoms with Gasteiger partial charge in [-0.3, -0.25) is 4.79 Å². The van der Waals surface area contributed by atoms with Crippen LogP contribution in [-0.4, -0.2) is 169 Å². The van der Waals surface area contributed by atoms with Crippen molar-refractivity contribution in [2.24, 2.45) is 0 Å². The Morgan fingerprint density at radius 2 is 1.37 bits per heavy atom. The molecule has 2 aromatic carbocycles. The molecule has 59 heavy (non-hydrogen) atoms. The SMILES string of the molecule is COc1ccc(-c2oc3c(C/C=C(\C)CO)c(O[C@@H]4O[C@H](CO)[C@@H](O)[C@H](O)[C@H]4O)cc(O)c3c(=O)c2OC2O[C@@H](C)[C@H](O)[C@@H](O)[C@H]2O[C@@H]2O[C@@H](C)[C@H](O)[C@@H](O)[C@H]2O)cc1. The first-order valence-electron chi connectivity index (χ1n) is 18.8. The van der Waals surface area contributed by atoms with E-state index in [1.54, 1.807) is 25.1 Å². The van der Waals surface area contributed by atoms with Gasteiger partial charge in [-0.15, -0.1) is 0 Å². The average Bonchev–Trinajstić information content (AvgIpc) is 3.22. The number of hydrogen-bond donors (Lipinski definition) is 11. The van der Waals surface area contributed by atoms with Crippen molar-refractivity contribution in [2.45, 2.75) is 119 Å². The molecule has 0 bridgehead atoms. The lowest BCUT2D eigenvalue weighted by molar-refractivity contribution is -0.352. The summed E-state index contributed by atoms with van der Waals surface area (Å²) in [6.07, 6.45) is -22.9. The highest BCUT2D eigenvalue weighted by atomic mass is 16.8. The predicted octanol–water partition coefficient (Wildman–Crippen LogP) is -2.11. The van der Waals surface area contributed by atoms with E-state index in [-0.39, 0.29) is 41.2 Å². The number of methoxy groups -OCH3 is 1. The quantitative estimate of drug-likeness (QED) is 0.0870. The Kier molecular flexibility index (Phi) is 13.9. The van der Waals surface area contributed by atoms with Crippen LogP contribution in [0.3, 0.4) is 0 Å². The molecule has 6 rings (SSSR count). The zero-order valence-electron chi connectivity index (χ0n) is 32.3. The van der Waals surface area contributed by atoms with E-state index in [4.69, 9.17) is 37.6 Å². The van der Waals surface area contributed by atoms with E-state index in [0.717, 1.165) is 6.07 Å². The number of ether oxygens (including phenoxy) is 7. The third kappa shape index (κ3) is 8.79. The predicted molar refractivity (Wildman–Crippen MR) is 199 cm³/mol. The normalized spacial score (nSPS) is 35.4. The Morgan fingerprint density at radius 1 is 0.763 bits per heavy atom. The summed E-state index contributed by atoms with van der Waals surface area (Å²) in [6.45, 7) is 3.30. The Hall–Kier alpha value is -3.97. The van der Waals surface area contributed by atoms with Gasteiger partial charge in [-0.05, 0) is 51.5 Å². The number of aliphatic hydroxyl groups is 10. The van der Waals surface area contributed by atoms with Gasteiger partial charge in [-0.25, -0.2) is 0 Å². The molecular formula is C39H50O20. The molecule has 11 N–H and O–H groups in total. The van der Waals surface area contributed by atoms with E-state index >= 15 is 0 Å². The molecule has 326 valence electrons. The van der Waals surface area contributed by atoms with Gasteiger partial charge < -0.3 is 93.7 Å². The monoisotopic (exact) mass is 838 g/mol. The summed E-state index contributed by atoms with van der Waals surface area (Å²) >= 11 is 0. The second kappa shape index (κ2) is 18.3. The van der Waals surface area contributed by atoms with Gasteiger partial charge in [0.15, 0.2) is 18.2 Å². The molecule has 1 aromatic heterocycles. The second-order valence-corrected chi connectivity index (χ2v) is 14.7. The highest BCUT2D eigenvalue weighted by molar-refractivity contribution is 5.91. The summed E-state index contributed by atoms with van der Waals surface area (Å²) < 4.78 is 46.7. The van der Waals surface area contributed by atoms with Crippen LogP contribution < -0.4 is 19.6 Å². The molecule has 3 saturated heterocycles. The van der Waals surface area contributed by atoms with Crippen LogP contribution in [0.2, 0.25) is 0 Å². The average molecular weight is 839 g/mol. The highest BCUT2D eigenvalue weighted by Crippen LogP contribution is 2.42. The number of aliphatic hydroxyl groups excluding tert-OH is 10. The smallest absolute Gasteiger partial charge is 0.239 e. The van der Waals surface area contributed by atoms with Crippen molar-refractivity contribution >= 4 is 11.0 Å². The third-order valence-electron chi connectivity index (χ3n) is 10.6.